The minimum atomic E-state index is -0.330. The minimum absolute atomic E-state index is 0.0458. The number of rotatable bonds is 5. The highest BCUT2D eigenvalue weighted by Gasteiger charge is 2.37. The van der Waals surface area contributed by atoms with E-state index >= 15 is 0 Å². The van der Waals surface area contributed by atoms with E-state index in [1.165, 1.54) is 31.6 Å². The van der Waals surface area contributed by atoms with Crippen LogP contribution in [0.25, 0.3) is 11.4 Å². The highest BCUT2D eigenvalue weighted by atomic mass is 19.1. The summed E-state index contributed by atoms with van der Waals surface area (Å²) < 4.78 is 20.6. The maximum Gasteiger partial charge on any atom is 0.255 e. The molecule has 0 saturated carbocycles. The summed E-state index contributed by atoms with van der Waals surface area (Å²) in [6, 6.07) is 7.82. The van der Waals surface area contributed by atoms with Crippen LogP contribution >= 0.6 is 0 Å². The van der Waals surface area contributed by atoms with Crippen LogP contribution in [0, 0.1) is 5.82 Å². The summed E-state index contributed by atoms with van der Waals surface area (Å²) in [4.78, 5) is 25.8. The quantitative estimate of drug-likeness (QED) is 0.698. The first-order chi connectivity index (χ1) is 14.4. The van der Waals surface area contributed by atoms with Crippen molar-refractivity contribution < 1.29 is 9.13 Å². The second-order valence-corrected chi connectivity index (χ2v) is 7.96. The number of nitrogens with one attached hydrogen (secondary N) is 1. The Hall–Kier alpha value is -3.13. The van der Waals surface area contributed by atoms with Gasteiger partial charge >= 0.3 is 0 Å². The summed E-state index contributed by atoms with van der Waals surface area (Å²) in [6.45, 7) is 4.60. The largest absolute Gasteiger partial charge is 0.496 e. The number of nitrogens with zero attached hydrogens (tertiary/aromatic N) is 4. The Labute approximate surface area is 174 Å². The van der Waals surface area contributed by atoms with Crippen molar-refractivity contribution in [3.63, 3.8) is 0 Å². The van der Waals surface area contributed by atoms with E-state index in [2.05, 4.69) is 29.1 Å². The Morgan fingerprint density at radius 1 is 1.27 bits per heavy atom. The summed E-state index contributed by atoms with van der Waals surface area (Å²) in [5, 5.41) is 3.44. The third kappa shape index (κ3) is 3.82. The molecule has 1 aliphatic rings. The number of methoxy groups -OCH3 is 1. The Morgan fingerprint density at radius 2 is 2.10 bits per heavy atom. The summed E-state index contributed by atoms with van der Waals surface area (Å²) in [6.07, 6.45) is 4.44. The molecule has 0 fully saturated rings. The summed E-state index contributed by atoms with van der Waals surface area (Å²) in [5.41, 5.74) is 1.66. The zero-order chi connectivity index (χ0) is 21.3. The molecule has 1 aromatic carbocycles. The Kier molecular flexibility index (Phi) is 5.34. The minimum Gasteiger partial charge on any atom is -0.496 e. The molecule has 0 saturated heterocycles. The molecule has 1 aliphatic heterocycles. The van der Waals surface area contributed by atoms with E-state index in [-0.39, 0.29) is 22.8 Å². The van der Waals surface area contributed by atoms with E-state index in [0.717, 1.165) is 11.4 Å². The van der Waals surface area contributed by atoms with Crippen molar-refractivity contribution in [1.29, 1.82) is 0 Å². The van der Waals surface area contributed by atoms with Gasteiger partial charge in [0.25, 0.3) is 5.56 Å². The predicted molar refractivity (Wildman–Crippen MR) is 111 cm³/mol. The fourth-order valence-corrected chi connectivity index (χ4v) is 3.97. The number of aryl methyl sites for hydroxylation is 1. The first-order valence-corrected chi connectivity index (χ1v) is 9.84. The number of ether oxygens (including phenoxy) is 1. The van der Waals surface area contributed by atoms with Gasteiger partial charge in [-0.3, -0.25) is 14.7 Å². The fraction of sp³-hybridized carbons (Fsp3) is 0.364. The average Bonchev–Trinajstić information content (AvgIpc) is 2.73. The second kappa shape index (κ2) is 7.95. The summed E-state index contributed by atoms with van der Waals surface area (Å²) in [7, 11) is 1.54. The molecular weight excluding hydrogens is 385 g/mol. The molecule has 0 aliphatic carbocycles. The lowest BCUT2D eigenvalue weighted by atomic mass is 9.81. The van der Waals surface area contributed by atoms with Crippen LogP contribution in [0.1, 0.15) is 37.6 Å². The Morgan fingerprint density at radius 3 is 2.83 bits per heavy atom. The molecule has 4 rings (SSSR count). The average molecular weight is 409 g/mol. The zero-order valence-electron chi connectivity index (χ0n) is 17.2. The van der Waals surface area contributed by atoms with Crippen molar-refractivity contribution in [2.75, 3.05) is 7.11 Å². The molecular formula is C22H24FN5O2. The van der Waals surface area contributed by atoms with Crippen molar-refractivity contribution in [3.05, 3.63) is 70.4 Å². The van der Waals surface area contributed by atoms with Gasteiger partial charge in [0, 0.05) is 29.8 Å². The van der Waals surface area contributed by atoms with Gasteiger partial charge in [0.05, 0.1) is 25.2 Å². The van der Waals surface area contributed by atoms with Crippen molar-refractivity contribution in [2.45, 2.75) is 44.8 Å². The molecule has 3 aromatic rings. The highest BCUT2D eigenvalue weighted by Crippen LogP contribution is 2.35. The summed E-state index contributed by atoms with van der Waals surface area (Å²) in [5.74, 6) is 0.872. The van der Waals surface area contributed by atoms with E-state index in [9.17, 15) is 9.18 Å². The van der Waals surface area contributed by atoms with Crippen LogP contribution in [-0.2, 0) is 13.1 Å². The topological polar surface area (TPSA) is 81.9 Å². The van der Waals surface area contributed by atoms with Gasteiger partial charge in [0.2, 0.25) is 0 Å². The molecule has 1 N–H and O–H groups in total. The lowest BCUT2D eigenvalue weighted by molar-refractivity contribution is 0.223. The van der Waals surface area contributed by atoms with E-state index in [0.29, 0.717) is 36.6 Å². The lowest BCUT2D eigenvalue weighted by Crippen LogP contribution is -2.53. The van der Waals surface area contributed by atoms with E-state index in [4.69, 9.17) is 9.72 Å². The smallest absolute Gasteiger partial charge is 0.255 e. The summed E-state index contributed by atoms with van der Waals surface area (Å²) >= 11 is 0. The molecule has 0 bridgehead atoms. The van der Waals surface area contributed by atoms with Gasteiger partial charge in [-0.15, -0.1) is 0 Å². The van der Waals surface area contributed by atoms with Gasteiger partial charge in [-0.05, 0) is 44.4 Å². The maximum atomic E-state index is 13.6. The van der Waals surface area contributed by atoms with Crippen molar-refractivity contribution in [2.24, 2.45) is 0 Å². The molecule has 8 heteroatoms. The van der Waals surface area contributed by atoms with Gasteiger partial charge in [-0.25, -0.2) is 19.3 Å². The number of halogens is 1. The molecule has 3 heterocycles. The normalized spacial score (nSPS) is 17.4. The SMILES string of the molecule is COc1cc(F)ccc1CCC1c2nc(-c3ccncn3)cc(=O)n2CNC1(C)C. The van der Waals surface area contributed by atoms with Crippen LogP contribution in [0.15, 0.2) is 47.7 Å². The standard InChI is InChI=1S/C22H24FN5O2/c1-22(2)16(7-5-14-4-6-15(23)10-19(14)30-3)21-27-18(17-8-9-24-12-25-17)11-20(29)28(21)13-26-22/h4,6,8-12,16,26H,5,7,13H2,1-3H3. The van der Waals surface area contributed by atoms with Crippen LogP contribution in [-0.4, -0.2) is 32.2 Å². The first-order valence-electron chi connectivity index (χ1n) is 9.84. The Bertz CT molecular complexity index is 1110. The predicted octanol–water partition coefficient (Wildman–Crippen LogP) is 2.90. The second-order valence-electron chi connectivity index (χ2n) is 7.96. The van der Waals surface area contributed by atoms with Crippen molar-refractivity contribution in [1.82, 2.24) is 24.8 Å². The fourth-order valence-electron chi connectivity index (χ4n) is 3.97. The third-order valence-electron chi connectivity index (χ3n) is 5.71. The van der Waals surface area contributed by atoms with Gasteiger partial charge in [-0.1, -0.05) is 6.07 Å². The molecule has 1 atom stereocenters. The van der Waals surface area contributed by atoms with Gasteiger partial charge in [0.15, 0.2) is 0 Å². The molecule has 0 amide bonds. The molecule has 7 nitrogen and oxygen atoms in total. The number of aromatic nitrogens is 4. The Balaban J connectivity index is 1.72. The first kappa shape index (κ1) is 20.2. The van der Waals surface area contributed by atoms with Gasteiger partial charge < -0.3 is 4.74 Å². The molecule has 0 radical (unpaired) electrons. The number of fused-ring (bicyclic) bond motifs is 1. The number of hydrogen-bond donors (Lipinski definition) is 1. The molecule has 30 heavy (non-hydrogen) atoms. The molecule has 156 valence electrons. The van der Waals surface area contributed by atoms with Crippen molar-refractivity contribution >= 4 is 0 Å². The van der Waals surface area contributed by atoms with Crippen LogP contribution in [0.5, 0.6) is 5.75 Å². The van der Waals surface area contributed by atoms with Crippen LogP contribution in [0.4, 0.5) is 4.39 Å². The highest BCUT2D eigenvalue weighted by molar-refractivity contribution is 5.52. The third-order valence-corrected chi connectivity index (χ3v) is 5.71. The van der Waals surface area contributed by atoms with Gasteiger partial charge in [0.1, 0.15) is 23.7 Å². The van der Waals surface area contributed by atoms with E-state index in [1.54, 1.807) is 22.9 Å². The number of benzene rings is 1. The number of hydrogen-bond acceptors (Lipinski definition) is 6. The van der Waals surface area contributed by atoms with E-state index < -0.39 is 0 Å². The van der Waals surface area contributed by atoms with Crippen LogP contribution in [0.2, 0.25) is 0 Å². The van der Waals surface area contributed by atoms with Gasteiger partial charge in [-0.2, -0.15) is 0 Å². The van der Waals surface area contributed by atoms with E-state index in [1.807, 2.05) is 0 Å². The molecule has 2 aromatic heterocycles. The maximum absolute atomic E-state index is 13.6. The molecule has 0 spiro atoms. The lowest BCUT2D eigenvalue weighted by Gasteiger charge is -2.41. The molecule has 1 unspecified atom stereocenters. The van der Waals surface area contributed by atoms with Crippen LogP contribution < -0.4 is 15.6 Å². The van der Waals surface area contributed by atoms with Crippen molar-refractivity contribution in [3.8, 4) is 17.1 Å². The monoisotopic (exact) mass is 409 g/mol. The zero-order valence-corrected chi connectivity index (χ0v) is 17.2. The van der Waals surface area contributed by atoms with Crippen LogP contribution in [0.3, 0.4) is 0 Å².